The fourth-order valence-corrected chi connectivity index (χ4v) is 5.89. The molecule has 12 nitrogen and oxygen atoms in total. The first-order chi connectivity index (χ1) is 25.2. The number of aryl methyl sites for hydroxylation is 4. The lowest BCUT2D eigenvalue weighted by Gasteiger charge is -2.14. The number of nitro groups is 1. The van der Waals surface area contributed by atoms with Crippen molar-refractivity contribution >= 4 is 44.6 Å². The average Bonchev–Trinajstić information content (AvgIpc) is 3.06. The molecule has 18 heteroatoms. The van der Waals surface area contributed by atoms with E-state index in [4.69, 9.17) is 5.73 Å². The summed E-state index contributed by atoms with van der Waals surface area (Å²) in [6, 6.07) is 9.65. The smallest absolute Gasteiger partial charge is 0.398 e. The van der Waals surface area contributed by atoms with Gasteiger partial charge in [-0.3, -0.25) is 19.7 Å². The van der Waals surface area contributed by atoms with Gasteiger partial charge in [0.25, 0.3) is 16.8 Å². The molecule has 0 aliphatic rings. The Morgan fingerprint density at radius 2 is 1.11 bits per heavy atom. The van der Waals surface area contributed by atoms with Crippen molar-refractivity contribution in [2.75, 3.05) is 16.4 Å². The number of benzene rings is 2. The number of alkyl halides is 6. The zero-order valence-electron chi connectivity index (χ0n) is 29.0. The molecule has 4 heterocycles. The molecule has 0 saturated heterocycles. The molecule has 6 N–H and O–H groups in total. The molecule has 0 aliphatic carbocycles. The molecule has 0 unspecified atom stereocenters. The summed E-state index contributed by atoms with van der Waals surface area (Å²) in [5.41, 5.74) is 6.37. The molecule has 0 radical (unpaired) electrons. The maximum Gasteiger partial charge on any atom is 0.416 e. The van der Waals surface area contributed by atoms with Crippen LogP contribution in [0.25, 0.3) is 21.5 Å². The van der Waals surface area contributed by atoms with Crippen LogP contribution in [-0.2, 0) is 25.4 Å². The summed E-state index contributed by atoms with van der Waals surface area (Å²) in [4.78, 5) is 48.1. The number of nitrogens with one attached hydrogen (secondary N) is 4. The minimum absolute atomic E-state index is 0.00238. The third kappa shape index (κ3) is 8.43. The van der Waals surface area contributed by atoms with Crippen LogP contribution < -0.4 is 27.5 Å². The molecular weight excluding hydrogens is 722 g/mol. The zero-order valence-corrected chi connectivity index (χ0v) is 29.0. The maximum absolute atomic E-state index is 13.2. The van der Waals surface area contributed by atoms with Gasteiger partial charge < -0.3 is 26.3 Å². The van der Waals surface area contributed by atoms with Gasteiger partial charge in [-0.25, -0.2) is 9.97 Å². The van der Waals surface area contributed by atoms with Crippen molar-refractivity contribution in [2.45, 2.75) is 53.1 Å². The van der Waals surface area contributed by atoms with Crippen molar-refractivity contribution in [3.8, 4) is 0 Å². The monoisotopic (exact) mass is 754 g/mol. The Bertz CT molecular complexity index is 2530. The first-order valence-electron chi connectivity index (χ1n) is 16.0. The van der Waals surface area contributed by atoms with Crippen LogP contribution in [-0.4, -0.2) is 24.9 Å². The summed E-state index contributed by atoms with van der Waals surface area (Å²) in [7, 11) is 0. The number of aromatic amines is 2. The molecule has 0 atom stereocenters. The first-order valence-corrected chi connectivity index (χ1v) is 16.0. The molecule has 54 heavy (non-hydrogen) atoms. The highest BCUT2D eigenvalue weighted by molar-refractivity contribution is 6.00. The number of non-ortho nitro benzene ring substituents is 1. The Labute approximate surface area is 301 Å². The van der Waals surface area contributed by atoms with Crippen LogP contribution in [0.2, 0.25) is 0 Å². The molecule has 4 aromatic heterocycles. The molecule has 6 rings (SSSR count). The Balaban J connectivity index is 0.000000208. The minimum Gasteiger partial charge on any atom is -0.398 e. The number of nitrogen functional groups attached to an aromatic ring is 1. The predicted octanol–water partition coefficient (Wildman–Crippen LogP) is 7.83. The number of rotatable bonds is 7. The second-order valence-electron chi connectivity index (χ2n) is 12.4. The summed E-state index contributed by atoms with van der Waals surface area (Å²) in [5, 5.41) is 17.7. The van der Waals surface area contributed by atoms with Gasteiger partial charge in [0.1, 0.15) is 11.6 Å². The number of nitrogens with two attached hydrogens (primary N) is 1. The first kappa shape index (κ1) is 38.8. The normalized spacial score (nSPS) is 11.7. The molecule has 0 spiro atoms. The third-order valence-corrected chi connectivity index (χ3v) is 8.47. The SMILES string of the molecule is Cc1cc(C)c(CNc2nccc3c(N)cc(C(F)(F)F)cc23)c(=O)[nH]1.Cc1cc(C)c(CNc2nccc3c([N+](=O)[O-])cc(C(F)(F)F)cc23)c(=O)[nH]1. The number of pyridine rings is 4. The van der Waals surface area contributed by atoms with E-state index in [1.165, 1.54) is 18.5 Å². The third-order valence-electron chi connectivity index (χ3n) is 8.47. The molecule has 0 fully saturated rings. The standard InChI is InChI=1S/C18H15F3N4O3.C18H17F3N4O/c1-9-5-10(2)24-17(26)14(9)8-23-16-13-6-11(18(19,20)21)7-15(25(27)28)12(13)3-4-22-16;1-9-5-10(2)25-17(26)14(9)8-24-16-13-6-11(18(19,20)21)7-15(22)12(13)3-4-23-16/h3-7H,8H2,1-2H3,(H,22,23)(H,24,26);3-7H,8,22H2,1-2H3,(H,23,24)(H,25,26). The number of fused-ring (bicyclic) bond motifs is 2. The number of aromatic nitrogens is 4. The Kier molecular flexibility index (Phi) is 10.7. The number of halogens is 6. The molecular formula is C36H32F6N8O4. The van der Waals surface area contributed by atoms with Gasteiger partial charge in [0.15, 0.2) is 0 Å². The second kappa shape index (κ2) is 14.9. The van der Waals surface area contributed by atoms with E-state index in [-0.39, 0.29) is 57.7 Å². The van der Waals surface area contributed by atoms with Crippen LogP contribution in [0, 0.1) is 37.8 Å². The zero-order chi connectivity index (χ0) is 39.7. The molecule has 6 aromatic rings. The van der Waals surface area contributed by atoms with E-state index in [9.17, 15) is 46.0 Å². The number of hydrogen-bond acceptors (Lipinski definition) is 9. The van der Waals surface area contributed by atoms with E-state index in [0.717, 1.165) is 29.5 Å². The largest absolute Gasteiger partial charge is 0.416 e. The van der Waals surface area contributed by atoms with E-state index >= 15 is 0 Å². The van der Waals surface area contributed by atoms with Gasteiger partial charge in [0.2, 0.25) is 0 Å². The summed E-state index contributed by atoms with van der Waals surface area (Å²) in [6.07, 6.45) is -6.55. The van der Waals surface area contributed by atoms with Gasteiger partial charge in [0, 0.05) is 75.9 Å². The second-order valence-corrected chi connectivity index (χ2v) is 12.4. The molecule has 0 amide bonds. The van der Waals surface area contributed by atoms with E-state index in [0.29, 0.717) is 33.8 Å². The van der Waals surface area contributed by atoms with E-state index in [1.54, 1.807) is 39.8 Å². The fourth-order valence-electron chi connectivity index (χ4n) is 5.89. The molecule has 2 aromatic carbocycles. The van der Waals surface area contributed by atoms with Crippen LogP contribution in [0.1, 0.15) is 44.8 Å². The van der Waals surface area contributed by atoms with E-state index < -0.39 is 34.1 Å². The number of nitro benzene ring substituents is 1. The van der Waals surface area contributed by atoms with Crippen LogP contribution in [0.3, 0.4) is 0 Å². The molecule has 0 saturated carbocycles. The van der Waals surface area contributed by atoms with Crippen LogP contribution in [0.5, 0.6) is 0 Å². The van der Waals surface area contributed by atoms with Crippen LogP contribution >= 0.6 is 0 Å². The number of hydrogen-bond donors (Lipinski definition) is 5. The van der Waals surface area contributed by atoms with Crippen molar-refractivity contribution < 1.29 is 31.3 Å². The van der Waals surface area contributed by atoms with E-state index in [1.807, 2.05) is 6.07 Å². The Morgan fingerprint density at radius 1 is 0.685 bits per heavy atom. The highest BCUT2D eigenvalue weighted by Gasteiger charge is 2.34. The Morgan fingerprint density at radius 3 is 1.54 bits per heavy atom. The fraction of sp³-hybridized carbons (Fsp3) is 0.222. The highest BCUT2D eigenvalue weighted by Crippen LogP contribution is 2.39. The predicted molar refractivity (Wildman–Crippen MR) is 192 cm³/mol. The van der Waals surface area contributed by atoms with Crippen molar-refractivity contribution in [3.63, 3.8) is 0 Å². The van der Waals surface area contributed by atoms with E-state index in [2.05, 4.69) is 30.6 Å². The summed E-state index contributed by atoms with van der Waals surface area (Å²) < 4.78 is 78.8. The van der Waals surface area contributed by atoms with Gasteiger partial charge in [-0.1, -0.05) is 0 Å². The lowest BCUT2D eigenvalue weighted by molar-refractivity contribution is -0.383. The summed E-state index contributed by atoms with van der Waals surface area (Å²) in [5.74, 6) is 0.255. The number of H-pyrrole nitrogens is 2. The van der Waals surface area contributed by atoms with Crippen molar-refractivity contribution in [2.24, 2.45) is 0 Å². The van der Waals surface area contributed by atoms with Crippen LogP contribution in [0.15, 0.2) is 70.5 Å². The van der Waals surface area contributed by atoms with Gasteiger partial charge >= 0.3 is 12.4 Å². The summed E-state index contributed by atoms with van der Waals surface area (Å²) in [6.45, 7) is 7.17. The van der Waals surface area contributed by atoms with Gasteiger partial charge in [-0.05, 0) is 81.3 Å². The average molecular weight is 755 g/mol. The molecule has 0 aliphatic heterocycles. The number of nitrogens with zero attached hydrogens (tertiary/aromatic N) is 3. The molecule has 282 valence electrons. The van der Waals surface area contributed by atoms with Gasteiger partial charge in [0.05, 0.1) is 21.4 Å². The van der Waals surface area contributed by atoms with Crippen LogP contribution in [0.4, 0.5) is 49.4 Å². The quantitative estimate of drug-likeness (QED) is 0.0469. The topological polar surface area (TPSA) is 185 Å². The number of anilines is 3. The lowest BCUT2D eigenvalue weighted by atomic mass is 10.1. The van der Waals surface area contributed by atoms with Crippen molar-refractivity contribution in [3.05, 3.63) is 137 Å². The molecule has 0 bridgehead atoms. The van der Waals surface area contributed by atoms with Crippen molar-refractivity contribution in [1.82, 2.24) is 19.9 Å². The Hall–Kier alpha value is -6.46. The minimum atomic E-state index is -4.75. The van der Waals surface area contributed by atoms with Gasteiger partial charge in [-0.15, -0.1) is 0 Å². The van der Waals surface area contributed by atoms with Gasteiger partial charge in [-0.2, -0.15) is 26.3 Å². The van der Waals surface area contributed by atoms with Crippen molar-refractivity contribution in [1.29, 1.82) is 0 Å². The summed E-state index contributed by atoms with van der Waals surface area (Å²) >= 11 is 0. The lowest BCUT2D eigenvalue weighted by Crippen LogP contribution is -2.19. The maximum atomic E-state index is 13.2. The highest BCUT2D eigenvalue weighted by atomic mass is 19.4.